The Morgan fingerprint density at radius 1 is 1.50 bits per heavy atom. The summed E-state index contributed by atoms with van der Waals surface area (Å²) in [6.07, 6.45) is 3.60. The largest absolute Gasteiger partial charge is 0.381 e. The first kappa shape index (κ1) is 17.0. The van der Waals surface area contributed by atoms with Gasteiger partial charge in [0, 0.05) is 25.7 Å². The van der Waals surface area contributed by atoms with Crippen molar-refractivity contribution in [1.82, 2.24) is 14.7 Å². The first-order valence-corrected chi connectivity index (χ1v) is 7.58. The van der Waals surface area contributed by atoms with Crippen LogP contribution in [0.5, 0.6) is 0 Å². The topological polar surface area (TPSA) is 50.2 Å². The number of likely N-dealkylation sites (N-methyl/N-ethyl adjacent to an activating group) is 1. The average Bonchev–Trinajstić information content (AvgIpc) is 2.45. The van der Waals surface area contributed by atoms with Gasteiger partial charge in [0.15, 0.2) is 0 Å². The molecule has 5 nitrogen and oxygen atoms in total. The highest BCUT2D eigenvalue weighted by Crippen LogP contribution is 2.14. The molecule has 0 saturated heterocycles. The van der Waals surface area contributed by atoms with Gasteiger partial charge in [-0.25, -0.2) is 4.68 Å². The maximum absolute atomic E-state index is 11.9. The lowest BCUT2D eigenvalue weighted by Crippen LogP contribution is -2.33. The molecular formula is C14H25ClN4O. The number of hydrogen-bond acceptors (Lipinski definition) is 4. The molecule has 1 aromatic rings. The lowest BCUT2D eigenvalue weighted by Gasteiger charge is -2.23. The molecule has 0 spiro atoms. The Bertz CT molecular complexity index is 475. The predicted molar refractivity (Wildman–Crippen MR) is 84.7 cm³/mol. The van der Waals surface area contributed by atoms with Crippen LogP contribution in [0.15, 0.2) is 11.0 Å². The highest BCUT2D eigenvalue weighted by atomic mass is 35.5. The first-order valence-electron chi connectivity index (χ1n) is 7.20. The van der Waals surface area contributed by atoms with Gasteiger partial charge in [0.05, 0.1) is 11.9 Å². The number of nitrogens with one attached hydrogen (secondary N) is 1. The number of anilines is 1. The van der Waals surface area contributed by atoms with E-state index in [1.807, 2.05) is 6.92 Å². The summed E-state index contributed by atoms with van der Waals surface area (Å²) in [7, 11) is 2.09. The van der Waals surface area contributed by atoms with E-state index in [-0.39, 0.29) is 10.6 Å². The molecule has 1 rings (SSSR count). The molecule has 114 valence electrons. The van der Waals surface area contributed by atoms with Crippen molar-refractivity contribution in [1.29, 1.82) is 0 Å². The van der Waals surface area contributed by atoms with Gasteiger partial charge in [-0.15, -0.1) is 0 Å². The Morgan fingerprint density at radius 2 is 2.20 bits per heavy atom. The molecule has 1 unspecified atom stereocenters. The summed E-state index contributed by atoms with van der Waals surface area (Å²) in [4.78, 5) is 14.2. The minimum absolute atomic E-state index is 0.222. The molecule has 0 aliphatic carbocycles. The molecule has 1 N–H and O–H groups in total. The highest BCUT2D eigenvalue weighted by molar-refractivity contribution is 6.32. The number of hydrogen-bond donors (Lipinski definition) is 1. The number of halogens is 1. The van der Waals surface area contributed by atoms with E-state index in [4.69, 9.17) is 11.6 Å². The van der Waals surface area contributed by atoms with Gasteiger partial charge < -0.3 is 10.2 Å². The second kappa shape index (κ2) is 8.27. The van der Waals surface area contributed by atoms with Crippen LogP contribution in [0, 0.1) is 0 Å². The number of nitrogens with zero attached hydrogens (tertiary/aromatic N) is 3. The van der Waals surface area contributed by atoms with Crippen LogP contribution in [0.2, 0.25) is 5.02 Å². The van der Waals surface area contributed by atoms with Gasteiger partial charge >= 0.3 is 0 Å². The molecule has 1 aromatic heterocycles. The summed E-state index contributed by atoms with van der Waals surface area (Å²) < 4.78 is 1.40. The molecule has 0 aliphatic heterocycles. The average molecular weight is 301 g/mol. The molecule has 0 radical (unpaired) electrons. The SMILES string of the molecule is CCCn1ncc(NCCN(C)C(C)CC)c(Cl)c1=O. The zero-order valence-electron chi connectivity index (χ0n) is 12.8. The van der Waals surface area contributed by atoms with Gasteiger partial charge in [0.1, 0.15) is 5.02 Å². The molecule has 0 fully saturated rings. The van der Waals surface area contributed by atoms with Crippen LogP contribution in [0.25, 0.3) is 0 Å². The van der Waals surface area contributed by atoms with Crippen molar-refractivity contribution in [3.8, 4) is 0 Å². The predicted octanol–water partition coefficient (Wildman–Crippen LogP) is 2.45. The fraction of sp³-hybridized carbons (Fsp3) is 0.714. The van der Waals surface area contributed by atoms with Crippen LogP contribution in [0.4, 0.5) is 5.69 Å². The van der Waals surface area contributed by atoms with E-state index < -0.39 is 0 Å². The lowest BCUT2D eigenvalue weighted by atomic mass is 10.2. The van der Waals surface area contributed by atoms with E-state index in [1.54, 1.807) is 6.20 Å². The highest BCUT2D eigenvalue weighted by Gasteiger charge is 2.10. The molecule has 0 aromatic carbocycles. The van der Waals surface area contributed by atoms with Gasteiger partial charge in [0.2, 0.25) is 0 Å². The number of aryl methyl sites for hydroxylation is 1. The third-order valence-corrected chi connectivity index (χ3v) is 3.91. The van der Waals surface area contributed by atoms with E-state index in [1.165, 1.54) is 4.68 Å². The van der Waals surface area contributed by atoms with Gasteiger partial charge in [-0.2, -0.15) is 5.10 Å². The van der Waals surface area contributed by atoms with Crippen molar-refractivity contribution in [2.24, 2.45) is 0 Å². The van der Waals surface area contributed by atoms with E-state index in [0.29, 0.717) is 18.3 Å². The second-order valence-corrected chi connectivity index (χ2v) is 5.44. The summed E-state index contributed by atoms with van der Waals surface area (Å²) in [6.45, 7) is 8.58. The molecular weight excluding hydrogens is 276 g/mol. The van der Waals surface area contributed by atoms with Crippen LogP contribution >= 0.6 is 11.6 Å². The summed E-state index contributed by atoms with van der Waals surface area (Å²) in [5.41, 5.74) is 0.385. The van der Waals surface area contributed by atoms with Crippen molar-refractivity contribution in [3.05, 3.63) is 21.6 Å². The Hall–Kier alpha value is -1.07. The molecule has 0 bridgehead atoms. The Balaban J connectivity index is 2.61. The summed E-state index contributed by atoms with van der Waals surface area (Å²) in [5, 5.41) is 7.53. The molecule has 0 amide bonds. The normalized spacial score (nSPS) is 12.7. The molecule has 6 heteroatoms. The van der Waals surface area contributed by atoms with Crippen LogP contribution in [0.3, 0.4) is 0 Å². The number of rotatable bonds is 8. The monoisotopic (exact) mass is 300 g/mol. The third kappa shape index (κ3) is 4.49. The fourth-order valence-electron chi connectivity index (χ4n) is 1.86. The zero-order valence-corrected chi connectivity index (χ0v) is 13.6. The van der Waals surface area contributed by atoms with E-state index in [2.05, 4.69) is 36.2 Å². The summed E-state index contributed by atoms with van der Waals surface area (Å²) in [6, 6.07) is 0.544. The Labute approximate surface area is 125 Å². The van der Waals surface area contributed by atoms with Crippen molar-refractivity contribution >= 4 is 17.3 Å². The Kier molecular flexibility index (Phi) is 7.02. The minimum Gasteiger partial charge on any atom is -0.381 e. The minimum atomic E-state index is -0.228. The lowest BCUT2D eigenvalue weighted by molar-refractivity contribution is 0.261. The quantitative estimate of drug-likeness (QED) is 0.801. The van der Waals surface area contributed by atoms with E-state index in [9.17, 15) is 4.79 Å². The van der Waals surface area contributed by atoms with Crippen LogP contribution in [0.1, 0.15) is 33.6 Å². The third-order valence-electron chi connectivity index (χ3n) is 3.54. The number of aromatic nitrogens is 2. The summed E-state index contributed by atoms with van der Waals surface area (Å²) in [5.74, 6) is 0. The maximum Gasteiger partial charge on any atom is 0.287 e. The van der Waals surface area contributed by atoms with Crippen molar-refractivity contribution in [3.63, 3.8) is 0 Å². The van der Waals surface area contributed by atoms with Gasteiger partial charge in [-0.1, -0.05) is 25.4 Å². The van der Waals surface area contributed by atoms with E-state index >= 15 is 0 Å². The van der Waals surface area contributed by atoms with Gasteiger partial charge in [-0.05, 0) is 26.8 Å². The van der Waals surface area contributed by atoms with Crippen LogP contribution < -0.4 is 10.9 Å². The van der Waals surface area contributed by atoms with Crippen molar-refractivity contribution < 1.29 is 0 Å². The molecule has 0 saturated carbocycles. The standard InChI is InChI=1S/C14H25ClN4O/c1-5-8-19-14(20)13(15)12(10-17-19)16-7-9-18(4)11(3)6-2/h10-11,16H,5-9H2,1-4H3. The fourth-order valence-corrected chi connectivity index (χ4v) is 2.07. The maximum atomic E-state index is 11.9. The summed E-state index contributed by atoms with van der Waals surface area (Å²) >= 11 is 6.09. The molecule has 1 heterocycles. The zero-order chi connectivity index (χ0) is 15.1. The molecule has 1 atom stereocenters. The van der Waals surface area contributed by atoms with Crippen molar-refractivity contribution in [2.45, 2.75) is 46.2 Å². The first-order chi connectivity index (χ1) is 9.51. The Morgan fingerprint density at radius 3 is 2.80 bits per heavy atom. The second-order valence-electron chi connectivity index (χ2n) is 5.07. The van der Waals surface area contributed by atoms with E-state index in [0.717, 1.165) is 25.9 Å². The smallest absolute Gasteiger partial charge is 0.287 e. The molecule has 20 heavy (non-hydrogen) atoms. The van der Waals surface area contributed by atoms with Crippen LogP contribution in [-0.2, 0) is 6.54 Å². The van der Waals surface area contributed by atoms with Gasteiger partial charge in [0.25, 0.3) is 5.56 Å². The molecule has 0 aliphatic rings. The van der Waals surface area contributed by atoms with Gasteiger partial charge in [-0.3, -0.25) is 4.79 Å². The van der Waals surface area contributed by atoms with Crippen molar-refractivity contribution in [2.75, 3.05) is 25.5 Å². The van der Waals surface area contributed by atoms with Crippen LogP contribution in [-0.4, -0.2) is 40.9 Å².